The van der Waals surface area contributed by atoms with Crippen molar-refractivity contribution in [3.8, 4) is 18.4 Å². The van der Waals surface area contributed by atoms with Gasteiger partial charge in [-0.25, -0.2) is 4.39 Å². The first-order valence-electron chi connectivity index (χ1n) is 4.61. The number of halogens is 1. The molecule has 0 aliphatic rings. The van der Waals surface area contributed by atoms with Crippen LogP contribution in [0.3, 0.4) is 0 Å². The molecule has 0 fully saturated rings. The van der Waals surface area contributed by atoms with Gasteiger partial charge in [0.2, 0.25) is 0 Å². The predicted molar refractivity (Wildman–Crippen MR) is 57.8 cm³/mol. The number of hydrogen-bond acceptors (Lipinski definition) is 2. The Morgan fingerprint density at radius 2 is 2.27 bits per heavy atom. The van der Waals surface area contributed by atoms with Crippen LogP contribution in [-0.4, -0.2) is 13.1 Å². The summed E-state index contributed by atoms with van der Waals surface area (Å²) in [4.78, 5) is 1.85. The predicted octanol–water partition coefficient (Wildman–Crippen LogP) is 2.16. The second-order valence-electron chi connectivity index (χ2n) is 2.99. The monoisotopic (exact) mass is 202 g/mol. The van der Waals surface area contributed by atoms with Gasteiger partial charge in [0.1, 0.15) is 11.9 Å². The van der Waals surface area contributed by atoms with Crippen molar-refractivity contribution >= 4 is 5.69 Å². The number of rotatable bonds is 3. The Kier molecular flexibility index (Phi) is 3.71. The quantitative estimate of drug-likeness (QED) is 0.702. The average molecular weight is 202 g/mol. The maximum Gasteiger partial charge on any atom is 0.143 e. The zero-order valence-corrected chi connectivity index (χ0v) is 8.50. The first-order valence-corrected chi connectivity index (χ1v) is 4.61. The lowest BCUT2D eigenvalue weighted by atomic mass is 10.2. The summed E-state index contributed by atoms with van der Waals surface area (Å²) in [6.07, 6.45) is 5.20. The van der Waals surface area contributed by atoms with Crippen LogP contribution in [0.25, 0.3) is 0 Å². The number of nitrogens with zero attached hydrogens (tertiary/aromatic N) is 2. The lowest BCUT2D eigenvalue weighted by Gasteiger charge is -2.20. The molecule has 0 saturated heterocycles. The van der Waals surface area contributed by atoms with Crippen LogP contribution in [-0.2, 0) is 0 Å². The van der Waals surface area contributed by atoms with Gasteiger partial charge in [-0.3, -0.25) is 0 Å². The van der Waals surface area contributed by atoms with Crippen LogP contribution >= 0.6 is 0 Å². The van der Waals surface area contributed by atoms with Gasteiger partial charge in [-0.1, -0.05) is 5.92 Å². The van der Waals surface area contributed by atoms with Crippen molar-refractivity contribution < 1.29 is 4.39 Å². The fraction of sp³-hybridized carbons (Fsp3) is 0.250. The maximum absolute atomic E-state index is 13.3. The second-order valence-corrected chi connectivity index (χ2v) is 2.99. The molecule has 1 rings (SSSR count). The van der Waals surface area contributed by atoms with Crippen LogP contribution in [0, 0.1) is 29.5 Å². The van der Waals surface area contributed by atoms with Crippen molar-refractivity contribution in [3.63, 3.8) is 0 Å². The first kappa shape index (κ1) is 11.1. The molecule has 0 saturated carbocycles. The Morgan fingerprint density at radius 3 is 2.73 bits per heavy atom. The van der Waals surface area contributed by atoms with E-state index in [9.17, 15) is 4.39 Å². The van der Waals surface area contributed by atoms with Crippen LogP contribution < -0.4 is 4.90 Å². The van der Waals surface area contributed by atoms with E-state index in [0.717, 1.165) is 0 Å². The molecule has 0 bridgehead atoms. The van der Waals surface area contributed by atoms with E-state index in [4.69, 9.17) is 11.7 Å². The smallest absolute Gasteiger partial charge is 0.143 e. The molecule has 0 spiro atoms. The first-order chi connectivity index (χ1) is 7.22. The normalized spacial score (nSPS) is 9.07. The largest absolute Gasteiger partial charge is 0.361 e. The van der Waals surface area contributed by atoms with Crippen LogP contribution in [0.2, 0.25) is 0 Å². The standard InChI is InChI=1S/C12H11FN2/c1-3-7-15(4-2)11-6-5-10(9-14)12(13)8-11/h1,5-6,8H,4,7H2,2H3. The van der Waals surface area contributed by atoms with E-state index in [2.05, 4.69) is 5.92 Å². The summed E-state index contributed by atoms with van der Waals surface area (Å²) in [6, 6.07) is 6.27. The highest BCUT2D eigenvalue weighted by atomic mass is 19.1. The third kappa shape index (κ3) is 2.48. The van der Waals surface area contributed by atoms with E-state index in [0.29, 0.717) is 18.8 Å². The van der Waals surface area contributed by atoms with Crippen molar-refractivity contribution in [3.05, 3.63) is 29.6 Å². The molecule has 15 heavy (non-hydrogen) atoms. The number of terminal acetylenes is 1. The number of benzene rings is 1. The van der Waals surface area contributed by atoms with Crippen molar-refractivity contribution in [2.24, 2.45) is 0 Å². The van der Waals surface area contributed by atoms with Gasteiger partial charge in [0.05, 0.1) is 12.1 Å². The second kappa shape index (κ2) is 5.02. The van der Waals surface area contributed by atoms with Gasteiger partial charge < -0.3 is 4.90 Å². The Labute approximate surface area is 88.9 Å². The molecular formula is C12H11FN2. The van der Waals surface area contributed by atoms with Crippen LogP contribution in [0.5, 0.6) is 0 Å². The van der Waals surface area contributed by atoms with Gasteiger partial charge in [-0.15, -0.1) is 6.42 Å². The van der Waals surface area contributed by atoms with Gasteiger partial charge in [0, 0.05) is 12.2 Å². The van der Waals surface area contributed by atoms with E-state index >= 15 is 0 Å². The molecule has 1 aromatic carbocycles. The Bertz CT molecular complexity index is 426. The fourth-order valence-electron chi connectivity index (χ4n) is 1.29. The van der Waals surface area contributed by atoms with E-state index < -0.39 is 5.82 Å². The van der Waals surface area contributed by atoms with Gasteiger partial charge in [-0.05, 0) is 25.1 Å². The molecule has 0 N–H and O–H groups in total. The highest BCUT2D eigenvalue weighted by Gasteiger charge is 2.06. The minimum Gasteiger partial charge on any atom is -0.361 e. The zero-order chi connectivity index (χ0) is 11.3. The zero-order valence-electron chi connectivity index (χ0n) is 8.50. The summed E-state index contributed by atoms with van der Waals surface area (Å²) in [5.74, 6) is 1.99. The summed E-state index contributed by atoms with van der Waals surface area (Å²) < 4.78 is 13.3. The summed E-state index contributed by atoms with van der Waals surface area (Å²) in [5.41, 5.74) is 0.752. The van der Waals surface area contributed by atoms with E-state index in [1.54, 1.807) is 12.1 Å². The van der Waals surface area contributed by atoms with Gasteiger partial charge >= 0.3 is 0 Å². The summed E-state index contributed by atoms with van der Waals surface area (Å²) in [6.45, 7) is 3.07. The van der Waals surface area contributed by atoms with Crippen molar-refractivity contribution in [2.75, 3.05) is 18.0 Å². The molecule has 0 unspecified atom stereocenters. The lowest BCUT2D eigenvalue weighted by Crippen LogP contribution is -2.22. The average Bonchev–Trinajstić information content (AvgIpc) is 2.25. The van der Waals surface area contributed by atoms with Gasteiger partial charge in [0.25, 0.3) is 0 Å². The third-order valence-corrected chi connectivity index (χ3v) is 2.10. The Balaban J connectivity index is 3.02. The highest BCUT2D eigenvalue weighted by Crippen LogP contribution is 2.17. The molecule has 3 heteroatoms. The highest BCUT2D eigenvalue weighted by molar-refractivity contribution is 5.51. The minimum atomic E-state index is -0.509. The van der Waals surface area contributed by atoms with Crippen LogP contribution in [0.1, 0.15) is 12.5 Å². The number of hydrogen-bond donors (Lipinski definition) is 0. The Morgan fingerprint density at radius 1 is 1.53 bits per heavy atom. The topological polar surface area (TPSA) is 27.0 Å². The summed E-state index contributed by atoms with van der Waals surface area (Å²) in [7, 11) is 0. The van der Waals surface area contributed by atoms with Crippen molar-refractivity contribution in [1.29, 1.82) is 5.26 Å². The molecule has 2 nitrogen and oxygen atoms in total. The maximum atomic E-state index is 13.3. The molecule has 0 heterocycles. The van der Waals surface area contributed by atoms with Gasteiger partial charge in [0.15, 0.2) is 0 Å². The minimum absolute atomic E-state index is 0.0514. The third-order valence-electron chi connectivity index (χ3n) is 2.10. The Hall–Kier alpha value is -2.00. The SMILES string of the molecule is C#CCN(CC)c1ccc(C#N)c(F)c1. The molecule has 76 valence electrons. The molecule has 0 aromatic heterocycles. The van der Waals surface area contributed by atoms with Gasteiger partial charge in [-0.2, -0.15) is 5.26 Å². The van der Waals surface area contributed by atoms with Crippen molar-refractivity contribution in [2.45, 2.75) is 6.92 Å². The fourth-order valence-corrected chi connectivity index (χ4v) is 1.29. The van der Waals surface area contributed by atoms with Crippen LogP contribution in [0.4, 0.5) is 10.1 Å². The van der Waals surface area contributed by atoms with Crippen molar-refractivity contribution in [1.82, 2.24) is 0 Å². The summed E-state index contributed by atoms with van der Waals surface area (Å²) >= 11 is 0. The van der Waals surface area contributed by atoms with E-state index in [1.165, 1.54) is 12.1 Å². The van der Waals surface area contributed by atoms with Crippen LogP contribution in [0.15, 0.2) is 18.2 Å². The molecule has 0 amide bonds. The molecular weight excluding hydrogens is 191 g/mol. The molecule has 0 aliphatic heterocycles. The molecule has 0 atom stereocenters. The summed E-state index contributed by atoms with van der Waals surface area (Å²) in [5, 5.41) is 8.57. The number of anilines is 1. The lowest BCUT2D eigenvalue weighted by molar-refractivity contribution is 0.623. The number of nitriles is 1. The molecule has 0 radical (unpaired) electrons. The molecule has 0 aliphatic carbocycles. The molecule has 1 aromatic rings. The van der Waals surface area contributed by atoms with E-state index in [-0.39, 0.29) is 5.56 Å². The van der Waals surface area contributed by atoms with E-state index in [1.807, 2.05) is 11.8 Å².